The molecule has 1 heterocycles. The number of hydroxylamine groups is 2. The molecule has 2 aliphatic rings. The van der Waals surface area contributed by atoms with Crippen LogP contribution in [0.5, 0.6) is 0 Å². The lowest BCUT2D eigenvalue weighted by Crippen LogP contribution is -2.37. The first-order valence-electron chi connectivity index (χ1n) is 5.22. The van der Waals surface area contributed by atoms with Crippen molar-refractivity contribution in [1.82, 2.24) is 5.06 Å². The molecule has 0 aromatic rings. The minimum absolute atomic E-state index is 0.0236. The summed E-state index contributed by atoms with van der Waals surface area (Å²) >= 11 is 1.09. The summed E-state index contributed by atoms with van der Waals surface area (Å²) in [6.45, 7) is 0. The van der Waals surface area contributed by atoms with Crippen LogP contribution in [0.25, 0.3) is 0 Å². The van der Waals surface area contributed by atoms with E-state index in [1.54, 1.807) is 0 Å². The van der Waals surface area contributed by atoms with E-state index in [9.17, 15) is 22.2 Å². The summed E-state index contributed by atoms with van der Waals surface area (Å²) in [6, 6.07) is 0. The molecule has 106 valence electrons. The Morgan fingerprint density at radius 2 is 2.21 bits per heavy atom. The predicted molar refractivity (Wildman–Crippen MR) is 65.1 cm³/mol. The second-order valence-electron chi connectivity index (χ2n) is 3.96. The standard InChI is InChI=1S/C10H10F3NO3S2/c1-19(16)5-9-14(17-10(11,12)13)7-3-2-6(15)4-8(7)18-9/h2-3,9H,4-5H2,1H3. The molecule has 2 rings (SSSR count). The molecule has 2 atom stereocenters. The van der Waals surface area contributed by atoms with Crippen molar-refractivity contribution in [3.05, 3.63) is 22.8 Å². The molecule has 19 heavy (non-hydrogen) atoms. The zero-order valence-electron chi connectivity index (χ0n) is 9.77. The highest BCUT2D eigenvalue weighted by Crippen LogP contribution is 2.44. The van der Waals surface area contributed by atoms with Gasteiger partial charge in [-0.3, -0.25) is 9.00 Å². The Labute approximate surface area is 114 Å². The summed E-state index contributed by atoms with van der Waals surface area (Å²) in [5.41, 5.74) is 0.220. The topological polar surface area (TPSA) is 46.6 Å². The number of rotatable bonds is 3. The first-order valence-corrected chi connectivity index (χ1v) is 7.83. The third kappa shape index (κ3) is 3.61. The zero-order chi connectivity index (χ0) is 14.2. The highest BCUT2D eigenvalue weighted by molar-refractivity contribution is 8.04. The summed E-state index contributed by atoms with van der Waals surface area (Å²) in [5, 5.41) is -0.0438. The van der Waals surface area contributed by atoms with E-state index in [2.05, 4.69) is 4.84 Å². The van der Waals surface area contributed by atoms with Gasteiger partial charge in [-0.05, 0) is 12.2 Å². The van der Waals surface area contributed by atoms with E-state index >= 15 is 0 Å². The number of nitrogens with zero attached hydrogens (tertiary/aromatic N) is 1. The number of thioether (sulfide) groups is 1. The number of ketones is 1. The van der Waals surface area contributed by atoms with Crippen LogP contribution in [0.2, 0.25) is 0 Å². The maximum atomic E-state index is 12.4. The molecule has 1 aliphatic heterocycles. The number of hydrogen-bond donors (Lipinski definition) is 0. The van der Waals surface area contributed by atoms with E-state index in [1.807, 2.05) is 0 Å². The Hall–Kier alpha value is -0.800. The number of carbonyl (C=O) groups excluding carboxylic acids is 1. The lowest BCUT2D eigenvalue weighted by molar-refractivity contribution is -0.405. The van der Waals surface area contributed by atoms with Crippen molar-refractivity contribution in [3.63, 3.8) is 0 Å². The smallest absolute Gasteiger partial charge is 0.294 e. The summed E-state index contributed by atoms with van der Waals surface area (Å²) in [7, 11) is -1.27. The Bertz CT molecular complexity index is 487. The van der Waals surface area contributed by atoms with E-state index in [0.717, 1.165) is 11.8 Å². The van der Waals surface area contributed by atoms with Gasteiger partial charge in [-0.15, -0.1) is 13.2 Å². The second kappa shape index (κ2) is 5.29. The fourth-order valence-electron chi connectivity index (χ4n) is 1.76. The highest BCUT2D eigenvalue weighted by Gasteiger charge is 2.42. The van der Waals surface area contributed by atoms with E-state index in [-0.39, 0.29) is 23.7 Å². The van der Waals surface area contributed by atoms with Crippen LogP contribution in [0.15, 0.2) is 22.8 Å². The van der Waals surface area contributed by atoms with Gasteiger partial charge in [0.2, 0.25) is 0 Å². The Kier molecular flexibility index (Phi) is 4.07. The van der Waals surface area contributed by atoms with Crippen LogP contribution in [-0.2, 0) is 20.4 Å². The van der Waals surface area contributed by atoms with Crippen molar-refractivity contribution < 1.29 is 27.0 Å². The maximum Gasteiger partial charge on any atom is 0.544 e. The fourth-order valence-corrected chi connectivity index (χ4v) is 4.23. The fraction of sp³-hybridized carbons (Fsp3) is 0.500. The van der Waals surface area contributed by atoms with Gasteiger partial charge in [0.25, 0.3) is 0 Å². The van der Waals surface area contributed by atoms with Gasteiger partial charge in [0.15, 0.2) is 5.78 Å². The number of carbonyl (C=O) groups is 1. The Balaban J connectivity index is 2.23. The molecule has 0 saturated carbocycles. The molecule has 9 heteroatoms. The quantitative estimate of drug-likeness (QED) is 0.797. The predicted octanol–water partition coefficient (Wildman–Crippen LogP) is 1.93. The molecule has 0 fully saturated rings. The monoisotopic (exact) mass is 313 g/mol. The third-order valence-electron chi connectivity index (χ3n) is 2.40. The van der Waals surface area contributed by atoms with E-state index < -0.39 is 22.5 Å². The normalized spacial score (nSPS) is 24.9. The van der Waals surface area contributed by atoms with E-state index in [1.165, 1.54) is 18.4 Å². The van der Waals surface area contributed by atoms with Gasteiger partial charge in [0, 0.05) is 28.4 Å². The van der Waals surface area contributed by atoms with Gasteiger partial charge in [0.05, 0.1) is 11.4 Å². The van der Waals surface area contributed by atoms with Crippen molar-refractivity contribution in [3.8, 4) is 0 Å². The van der Waals surface area contributed by atoms with Crippen LogP contribution in [-0.4, -0.2) is 38.8 Å². The molecule has 0 aromatic heterocycles. The van der Waals surface area contributed by atoms with Crippen LogP contribution in [0.3, 0.4) is 0 Å². The average Bonchev–Trinajstić information content (AvgIpc) is 2.52. The summed E-state index contributed by atoms with van der Waals surface area (Å²) < 4.78 is 48.4. The van der Waals surface area contributed by atoms with Crippen LogP contribution >= 0.6 is 11.8 Å². The molecule has 0 aromatic carbocycles. The van der Waals surface area contributed by atoms with Gasteiger partial charge in [-0.1, -0.05) is 11.8 Å². The first kappa shape index (κ1) is 14.6. The molecule has 4 nitrogen and oxygen atoms in total. The highest BCUT2D eigenvalue weighted by atomic mass is 32.2. The minimum Gasteiger partial charge on any atom is -0.294 e. The zero-order valence-corrected chi connectivity index (χ0v) is 11.4. The van der Waals surface area contributed by atoms with E-state index in [0.29, 0.717) is 9.97 Å². The van der Waals surface area contributed by atoms with Crippen LogP contribution in [0, 0.1) is 0 Å². The number of allylic oxidation sites excluding steroid dienone is 3. The molecule has 1 aliphatic carbocycles. The van der Waals surface area contributed by atoms with Gasteiger partial charge in [-0.2, -0.15) is 4.84 Å². The summed E-state index contributed by atoms with van der Waals surface area (Å²) in [4.78, 5) is 15.7. The average molecular weight is 313 g/mol. The lowest BCUT2D eigenvalue weighted by atomic mass is 10.1. The number of alkyl halides is 3. The molecule has 0 saturated heterocycles. The molecule has 0 amide bonds. The van der Waals surface area contributed by atoms with Gasteiger partial charge < -0.3 is 0 Å². The molecule has 0 N–H and O–H groups in total. The van der Waals surface area contributed by atoms with Crippen molar-refractivity contribution in [2.45, 2.75) is 18.2 Å². The van der Waals surface area contributed by atoms with Gasteiger partial charge in [-0.25, -0.2) is 5.06 Å². The van der Waals surface area contributed by atoms with Crippen LogP contribution in [0.1, 0.15) is 6.42 Å². The van der Waals surface area contributed by atoms with E-state index in [4.69, 9.17) is 0 Å². The molecule has 0 spiro atoms. The Morgan fingerprint density at radius 3 is 2.79 bits per heavy atom. The summed E-state index contributed by atoms with van der Waals surface area (Å²) in [6.07, 6.45) is -0.840. The summed E-state index contributed by atoms with van der Waals surface area (Å²) in [5.74, 6) is -0.146. The van der Waals surface area contributed by atoms with Crippen molar-refractivity contribution in [1.29, 1.82) is 0 Å². The number of hydrogen-bond acceptors (Lipinski definition) is 5. The van der Waals surface area contributed by atoms with Gasteiger partial charge in [0.1, 0.15) is 5.37 Å². The Morgan fingerprint density at radius 1 is 1.53 bits per heavy atom. The molecular formula is C10H10F3NO3S2. The maximum absolute atomic E-state index is 12.4. The van der Waals surface area contributed by atoms with Crippen molar-refractivity contribution in [2.75, 3.05) is 12.0 Å². The molecule has 0 radical (unpaired) electrons. The molecular weight excluding hydrogens is 303 g/mol. The van der Waals surface area contributed by atoms with Gasteiger partial charge >= 0.3 is 6.36 Å². The van der Waals surface area contributed by atoms with Crippen LogP contribution in [0.4, 0.5) is 13.2 Å². The second-order valence-corrected chi connectivity index (χ2v) is 6.71. The minimum atomic E-state index is -4.83. The number of halogens is 3. The lowest BCUT2D eigenvalue weighted by Gasteiger charge is -2.26. The van der Waals surface area contributed by atoms with Crippen molar-refractivity contribution in [2.24, 2.45) is 0 Å². The third-order valence-corrected chi connectivity index (χ3v) is 4.67. The van der Waals surface area contributed by atoms with Crippen LogP contribution < -0.4 is 0 Å². The first-order chi connectivity index (χ1) is 8.76. The SMILES string of the molecule is CS(=O)CC1SC2=C(C=CC(=O)C2)N1OC(F)(F)F. The molecule has 2 unspecified atom stereocenters. The largest absolute Gasteiger partial charge is 0.544 e. The molecule has 0 bridgehead atoms. The van der Waals surface area contributed by atoms with Crippen molar-refractivity contribution >= 4 is 28.3 Å².